The molecular formula is C14H16N2S. The maximum Gasteiger partial charge on any atom is 0.104 e. The summed E-state index contributed by atoms with van der Waals surface area (Å²) in [5.74, 6) is 0.964. The van der Waals surface area contributed by atoms with E-state index in [-0.39, 0.29) is 0 Å². The molecule has 3 heteroatoms. The summed E-state index contributed by atoms with van der Waals surface area (Å²) in [6.45, 7) is 1.11. The Labute approximate surface area is 106 Å². The fourth-order valence-corrected chi connectivity index (χ4v) is 2.54. The van der Waals surface area contributed by atoms with Crippen molar-refractivity contribution in [2.24, 2.45) is 11.7 Å². The van der Waals surface area contributed by atoms with Crippen LogP contribution in [0.5, 0.6) is 0 Å². The van der Waals surface area contributed by atoms with E-state index in [0.29, 0.717) is 4.99 Å². The van der Waals surface area contributed by atoms with Crippen molar-refractivity contribution in [1.29, 1.82) is 0 Å². The van der Waals surface area contributed by atoms with Crippen LogP contribution in [0.25, 0.3) is 10.9 Å². The third kappa shape index (κ3) is 2.07. The van der Waals surface area contributed by atoms with Crippen molar-refractivity contribution in [3.05, 3.63) is 36.0 Å². The van der Waals surface area contributed by atoms with E-state index in [1.165, 1.54) is 30.2 Å². The van der Waals surface area contributed by atoms with Crippen LogP contribution in [-0.4, -0.2) is 9.56 Å². The van der Waals surface area contributed by atoms with E-state index in [4.69, 9.17) is 18.0 Å². The van der Waals surface area contributed by atoms with Crippen LogP contribution in [0.2, 0.25) is 0 Å². The summed E-state index contributed by atoms with van der Waals surface area (Å²) in [5, 5.41) is 1.18. The number of aryl methyl sites for hydroxylation is 1. The summed E-state index contributed by atoms with van der Waals surface area (Å²) in [6.07, 6.45) is 6.27. The Hall–Kier alpha value is -1.35. The summed E-state index contributed by atoms with van der Waals surface area (Å²) in [4.78, 5) is 0.482. The molecule has 1 aromatic heterocycles. The highest BCUT2D eigenvalue weighted by Crippen LogP contribution is 2.33. The normalized spacial score (nSPS) is 15.3. The van der Waals surface area contributed by atoms with Crippen LogP contribution in [0.3, 0.4) is 0 Å². The van der Waals surface area contributed by atoms with Crippen LogP contribution < -0.4 is 5.73 Å². The Kier molecular flexibility index (Phi) is 2.63. The molecule has 3 rings (SSSR count). The number of hydrogen-bond donors (Lipinski definition) is 1. The molecule has 2 aromatic rings. The van der Waals surface area contributed by atoms with Gasteiger partial charge in [-0.05, 0) is 24.5 Å². The summed E-state index contributed by atoms with van der Waals surface area (Å²) in [6, 6.07) is 8.29. The molecule has 0 radical (unpaired) electrons. The first-order valence-corrected chi connectivity index (χ1v) is 6.54. The number of aromatic nitrogens is 1. The molecule has 1 aromatic carbocycles. The van der Waals surface area contributed by atoms with E-state index in [9.17, 15) is 0 Å². The van der Waals surface area contributed by atoms with Gasteiger partial charge in [0, 0.05) is 29.2 Å². The minimum atomic E-state index is 0.482. The number of nitrogens with zero attached hydrogens (tertiary/aromatic N) is 1. The molecule has 17 heavy (non-hydrogen) atoms. The lowest BCUT2D eigenvalue weighted by molar-refractivity contribution is 0.611. The molecular weight excluding hydrogens is 228 g/mol. The van der Waals surface area contributed by atoms with Gasteiger partial charge in [0.15, 0.2) is 0 Å². The minimum absolute atomic E-state index is 0.482. The summed E-state index contributed by atoms with van der Waals surface area (Å²) >= 11 is 5.08. The predicted molar refractivity (Wildman–Crippen MR) is 75.2 cm³/mol. The average molecular weight is 244 g/mol. The van der Waals surface area contributed by atoms with E-state index in [1.807, 2.05) is 12.1 Å². The molecule has 2 N–H and O–H groups in total. The van der Waals surface area contributed by atoms with Gasteiger partial charge in [0.1, 0.15) is 4.99 Å². The fraction of sp³-hybridized carbons (Fsp3) is 0.357. The van der Waals surface area contributed by atoms with E-state index in [1.54, 1.807) is 0 Å². The number of thiocarbonyl (C=S) groups is 1. The summed E-state index contributed by atoms with van der Waals surface area (Å²) < 4.78 is 2.31. The lowest BCUT2D eigenvalue weighted by atomic mass is 10.1. The number of benzene rings is 1. The third-order valence-electron chi connectivity index (χ3n) is 3.55. The highest BCUT2D eigenvalue weighted by atomic mass is 32.1. The fourth-order valence-electron chi connectivity index (χ4n) is 2.36. The number of rotatable bonds is 4. The van der Waals surface area contributed by atoms with Crippen molar-refractivity contribution in [2.45, 2.75) is 25.8 Å². The molecule has 88 valence electrons. The first-order valence-electron chi connectivity index (χ1n) is 6.13. The molecule has 1 fully saturated rings. The highest BCUT2D eigenvalue weighted by Gasteiger charge is 2.20. The third-order valence-corrected chi connectivity index (χ3v) is 3.77. The molecule has 0 unspecified atom stereocenters. The van der Waals surface area contributed by atoms with Crippen LogP contribution in [0.15, 0.2) is 30.5 Å². The number of fused-ring (bicyclic) bond motifs is 1. The zero-order chi connectivity index (χ0) is 11.8. The molecule has 1 aliphatic rings. The molecule has 0 saturated heterocycles. The molecule has 0 aliphatic heterocycles. The van der Waals surface area contributed by atoms with Crippen molar-refractivity contribution in [3.63, 3.8) is 0 Å². The highest BCUT2D eigenvalue weighted by molar-refractivity contribution is 7.80. The molecule has 0 bridgehead atoms. The molecule has 0 amide bonds. The van der Waals surface area contributed by atoms with Crippen LogP contribution in [-0.2, 0) is 6.54 Å². The van der Waals surface area contributed by atoms with Gasteiger partial charge in [0.2, 0.25) is 0 Å². The van der Waals surface area contributed by atoms with Crippen molar-refractivity contribution in [1.82, 2.24) is 4.57 Å². The maximum absolute atomic E-state index is 5.74. The first kappa shape index (κ1) is 10.8. The summed E-state index contributed by atoms with van der Waals surface area (Å²) in [7, 11) is 0. The maximum atomic E-state index is 5.74. The van der Waals surface area contributed by atoms with Crippen LogP contribution in [0.4, 0.5) is 0 Å². The van der Waals surface area contributed by atoms with Crippen molar-refractivity contribution >= 4 is 28.1 Å². The Balaban J connectivity index is 1.96. The second-order valence-corrected chi connectivity index (χ2v) is 5.28. The Morgan fingerprint density at radius 1 is 1.35 bits per heavy atom. The minimum Gasteiger partial charge on any atom is -0.389 e. The SMILES string of the molecule is NC(=S)c1cccc2c1ccn2CCC1CC1. The zero-order valence-corrected chi connectivity index (χ0v) is 10.5. The smallest absolute Gasteiger partial charge is 0.104 e. The monoisotopic (exact) mass is 244 g/mol. The topological polar surface area (TPSA) is 30.9 Å². The van der Waals surface area contributed by atoms with Gasteiger partial charge in [-0.25, -0.2) is 0 Å². The number of hydrogen-bond acceptors (Lipinski definition) is 1. The Bertz CT molecular complexity index is 567. The molecule has 0 spiro atoms. The Morgan fingerprint density at radius 3 is 2.88 bits per heavy atom. The van der Waals surface area contributed by atoms with Crippen molar-refractivity contribution in [2.75, 3.05) is 0 Å². The second kappa shape index (κ2) is 4.15. The quantitative estimate of drug-likeness (QED) is 0.838. The van der Waals surface area contributed by atoms with Gasteiger partial charge >= 0.3 is 0 Å². The molecule has 0 atom stereocenters. The Morgan fingerprint density at radius 2 is 2.18 bits per heavy atom. The van der Waals surface area contributed by atoms with Crippen LogP contribution >= 0.6 is 12.2 Å². The standard InChI is InChI=1S/C14H16N2S/c15-14(17)12-2-1-3-13-11(12)7-9-16(13)8-6-10-4-5-10/h1-3,7,9-10H,4-6,8H2,(H2,15,17). The molecule has 2 nitrogen and oxygen atoms in total. The van der Waals surface area contributed by atoms with E-state index >= 15 is 0 Å². The van der Waals surface area contributed by atoms with E-state index < -0.39 is 0 Å². The summed E-state index contributed by atoms with van der Waals surface area (Å²) in [5.41, 5.74) is 7.98. The van der Waals surface area contributed by atoms with Gasteiger partial charge in [-0.2, -0.15) is 0 Å². The van der Waals surface area contributed by atoms with Crippen molar-refractivity contribution in [3.8, 4) is 0 Å². The van der Waals surface area contributed by atoms with Gasteiger partial charge in [-0.3, -0.25) is 0 Å². The lowest BCUT2D eigenvalue weighted by Gasteiger charge is -2.06. The lowest BCUT2D eigenvalue weighted by Crippen LogP contribution is -2.09. The predicted octanol–water partition coefficient (Wildman–Crippen LogP) is 3.08. The second-order valence-electron chi connectivity index (χ2n) is 4.84. The first-order chi connectivity index (χ1) is 8.25. The number of nitrogens with two attached hydrogens (primary N) is 1. The van der Waals surface area contributed by atoms with Gasteiger partial charge < -0.3 is 10.3 Å². The molecule has 1 saturated carbocycles. The van der Waals surface area contributed by atoms with Gasteiger partial charge in [-0.1, -0.05) is 37.2 Å². The average Bonchev–Trinajstić information content (AvgIpc) is 3.06. The van der Waals surface area contributed by atoms with Crippen LogP contribution in [0, 0.1) is 5.92 Å². The van der Waals surface area contributed by atoms with E-state index in [2.05, 4.69) is 22.9 Å². The zero-order valence-electron chi connectivity index (χ0n) is 9.73. The van der Waals surface area contributed by atoms with Gasteiger partial charge in [0.25, 0.3) is 0 Å². The largest absolute Gasteiger partial charge is 0.389 e. The van der Waals surface area contributed by atoms with Gasteiger partial charge in [0.05, 0.1) is 0 Å². The van der Waals surface area contributed by atoms with Gasteiger partial charge in [-0.15, -0.1) is 0 Å². The molecule has 1 aliphatic carbocycles. The van der Waals surface area contributed by atoms with E-state index in [0.717, 1.165) is 18.0 Å². The molecule has 1 heterocycles. The van der Waals surface area contributed by atoms with Crippen molar-refractivity contribution < 1.29 is 0 Å². The van der Waals surface area contributed by atoms with Crippen LogP contribution in [0.1, 0.15) is 24.8 Å².